The molecule has 7 nitrogen and oxygen atoms in total. The van der Waals surface area contributed by atoms with Crippen molar-refractivity contribution in [1.82, 2.24) is 15.0 Å². The minimum atomic E-state index is -1.34. The van der Waals surface area contributed by atoms with Crippen LogP contribution < -0.4 is 15.0 Å². The van der Waals surface area contributed by atoms with Crippen molar-refractivity contribution in [3.05, 3.63) is 39.8 Å². The molecule has 3 aromatic rings. The molecule has 9 heteroatoms. The van der Waals surface area contributed by atoms with Crippen LogP contribution in [0.25, 0.3) is 22.2 Å². The minimum Gasteiger partial charge on any atom is -0.497 e. The second kappa shape index (κ2) is 6.81. The molecule has 1 aromatic carbocycles. The average Bonchev–Trinajstić information content (AvgIpc) is 2.61. The molecule has 2 heterocycles. The summed E-state index contributed by atoms with van der Waals surface area (Å²) < 4.78 is 22.0. The summed E-state index contributed by atoms with van der Waals surface area (Å²) in [4.78, 5) is 23.4. The predicted molar refractivity (Wildman–Crippen MR) is 96.0 cm³/mol. The molecule has 0 fully saturated rings. The van der Waals surface area contributed by atoms with E-state index in [4.69, 9.17) is 21.1 Å². The lowest BCUT2D eigenvalue weighted by Crippen LogP contribution is -2.11. The molecule has 0 radical (unpaired) electrons. The maximum Gasteiger partial charge on any atom is 0.257 e. The first kappa shape index (κ1) is 17.4. The van der Waals surface area contributed by atoms with Crippen molar-refractivity contribution >= 4 is 33.4 Å². The molecule has 0 aliphatic carbocycles. The standard InChI is InChI=1S/C16H14ClN3O4S/c1-23-9-5-10(13(17)12(6-9)24-2)11-4-8-7-18-16(25(3)22)20-14(8)19-15(11)21/h4-7H,1-3H3,(H,18,19,20,21). The van der Waals surface area contributed by atoms with Crippen molar-refractivity contribution in [2.45, 2.75) is 5.16 Å². The van der Waals surface area contributed by atoms with Gasteiger partial charge in [-0.15, -0.1) is 0 Å². The van der Waals surface area contributed by atoms with Crippen LogP contribution in [0.2, 0.25) is 5.02 Å². The summed E-state index contributed by atoms with van der Waals surface area (Å²) in [6, 6.07) is 4.90. The average molecular weight is 380 g/mol. The molecule has 0 aliphatic heterocycles. The van der Waals surface area contributed by atoms with Crippen LogP contribution in [-0.2, 0) is 10.8 Å². The zero-order chi connectivity index (χ0) is 18.1. The maximum absolute atomic E-state index is 12.5. The third-order valence-electron chi connectivity index (χ3n) is 3.59. The summed E-state index contributed by atoms with van der Waals surface area (Å²) in [6.45, 7) is 0. The number of methoxy groups -OCH3 is 2. The van der Waals surface area contributed by atoms with Crippen LogP contribution in [0.3, 0.4) is 0 Å². The van der Waals surface area contributed by atoms with E-state index in [0.29, 0.717) is 38.7 Å². The van der Waals surface area contributed by atoms with Gasteiger partial charge >= 0.3 is 0 Å². The fourth-order valence-electron chi connectivity index (χ4n) is 2.35. The van der Waals surface area contributed by atoms with Crippen molar-refractivity contribution in [2.75, 3.05) is 20.5 Å². The molecule has 1 unspecified atom stereocenters. The van der Waals surface area contributed by atoms with E-state index >= 15 is 0 Å². The molecule has 0 amide bonds. The molecule has 130 valence electrons. The Morgan fingerprint density at radius 3 is 2.56 bits per heavy atom. The summed E-state index contributed by atoms with van der Waals surface area (Å²) in [5.41, 5.74) is 0.698. The normalized spacial score (nSPS) is 12.2. The summed E-state index contributed by atoms with van der Waals surface area (Å²) in [7, 11) is 1.65. The molecule has 0 saturated heterocycles. The van der Waals surface area contributed by atoms with Gasteiger partial charge in [0.2, 0.25) is 5.16 Å². The van der Waals surface area contributed by atoms with Gasteiger partial charge in [0.15, 0.2) is 0 Å². The number of aromatic amines is 1. The molecule has 0 spiro atoms. The van der Waals surface area contributed by atoms with Gasteiger partial charge in [-0.2, -0.15) is 0 Å². The quantitative estimate of drug-likeness (QED) is 0.699. The van der Waals surface area contributed by atoms with Crippen molar-refractivity contribution < 1.29 is 13.7 Å². The summed E-state index contributed by atoms with van der Waals surface area (Å²) in [5.74, 6) is 0.896. The molecule has 2 aromatic heterocycles. The van der Waals surface area contributed by atoms with Crippen molar-refractivity contribution in [3.8, 4) is 22.6 Å². The summed E-state index contributed by atoms with van der Waals surface area (Å²) in [6.07, 6.45) is 2.97. The van der Waals surface area contributed by atoms with Crippen LogP contribution in [0, 0.1) is 0 Å². The number of pyridine rings is 1. The zero-order valence-corrected chi connectivity index (χ0v) is 15.2. The zero-order valence-electron chi connectivity index (χ0n) is 13.6. The maximum atomic E-state index is 12.5. The molecule has 25 heavy (non-hydrogen) atoms. The lowest BCUT2D eigenvalue weighted by atomic mass is 10.1. The van der Waals surface area contributed by atoms with Gasteiger partial charge in [-0.05, 0) is 12.1 Å². The molecule has 1 atom stereocenters. The first-order valence-electron chi connectivity index (χ1n) is 7.10. The Kier molecular flexibility index (Phi) is 4.73. The highest BCUT2D eigenvalue weighted by Gasteiger charge is 2.16. The van der Waals surface area contributed by atoms with E-state index in [2.05, 4.69) is 15.0 Å². The smallest absolute Gasteiger partial charge is 0.257 e. The van der Waals surface area contributed by atoms with Crippen LogP contribution in [0.5, 0.6) is 11.5 Å². The number of nitrogens with zero attached hydrogens (tertiary/aromatic N) is 2. The fraction of sp³-hybridized carbons (Fsp3) is 0.188. The van der Waals surface area contributed by atoms with Crippen molar-refractivity contribution in [3.63, 3.8) is 0 Å². The van der Waals surface area contributed by atoms with E-state index < -0.39 is 16.4 Å². The molecule has 0 aliphatic rings. The van der Waals surface area contributed by atoms with Crippen molar-refractivity contribution in [1.29, 1.82) is 0 Å². The summed E-state index contributed by atoms with van der Waals surface area (Å²) >= 11 is 6.36. The van der Waals surface area contributed by atoms with Gasteiger partial charge in [0, 0.05) is 35.0 Å². The number of fused-ring (bicyclic) bond motifs is 1. The highest BCUT2D eigenvalue weighted by atomic mass is 35.5. The largest absolute Gasteiger partial charge is 0.497 e. The van der Waals surface area contributed by atoms with Crippen LogP contribution >= 0.6 is 11.6 Å². The number of halogens is 1. The fourth-order valence-corrected chi connectivity index (χ4v) is 3.06. The van der Waals surface area contributed by atoms with E-state index in [1.165, 1.54) is 26.7 Å². The molecular weight excluding hydrogens is 366 g/mol. The number of H-pyrrole nitrogens is 1. The first-order valence-corrected chi connectivity index (χ1v) is 9.03. The van der Waals surface area contributed by atoms with E-state index in [0.717, 1.165) is 0 Å². The Labute approximate surface area is 150 Å². The lowest BCUT2D eigenvalue weighted by molar-refractivity contribution is 0.395. The van der Waals surface area contributed by atoms with Gasteiger partial charge in [0.05, 0.1) is 30.0 Å². The van der Waals surface area contributed by atoms with Gasteiger partial charge < -0.3 is 14.5 Å². The van der Waals surface area contributed by atoms with Gasteiger partial charge in [0.25, 0.3) is 5.56 Å². The van der Waals surface area contributed by atoms with Crippen molar-refractivity contribution in [2.24, 2.45) is 0 Å². The number of hydrogen-bond acceptors (Lipinski definition) is 6. The lowest BCUT2D eigenvalue weighted by Gasteiger charge is -2.12. The number of aromatic nitrogens is 3. The molecule has 0 saturated carbocycles. The monoisotopic (exact) mass is 379 g/mol. The van der Waals surface area contributed by atoms with E-state index in [1.54, 1.807) is 18.2 Å². The van der Waals surface area contributed by atoms with Crippen LogP contribution in [-0.4, -0.2) is 39.6 Å². The van der Waals surface area contributed by atoms with Gasteiger partial charge in [-0.3, -0.25) is 9.00 Å². The van der Waals surface area contributed by atoms with Crippen LogP contribution in [0.1, 0.15) is 0 Å². The molecule has 3 rings (SSSR count). The van der Waals surface area contributed by atoms with Gasteiger partial charge in [-0.1, -0.05) is 11.6 Å². The Hall–Kier alpha value is -2.45. The number of benzene rings is 1. The van der Waals surface area contributed by atoms with E-state index in [9.17, 15) is 9.00 Å². The van der Waals surface area contributed by atoms with E-state index in [1.807, 2.05) is 0 Å². The number of rotatable bonds is 4. The third kappa shape index (κ3) is 3.22. The highest BCUT2D eigenvalue weighted by Crippen LogP contribution is 2.38. The topological polar surface area (TPSA) is 94.2 Å². The Morgan fingerprint density at radius 2 is 1.92 bits per heavy atom. The third-order valence-corrected chi connectivity index (χ3v) is 4.69. The number of hydrogen-bond donors (Lipinski definition) is 1. The molecular formula is C16H14ClN3O4S. The van der Waals surface area contributed by atoms with Crippen LogP contribution in [0.4, 0.5) is 0 Å². The minimum absolute atomic E-state index is 0.150. The second-order valence-electron chi connectivity index (χ2n) is 5.11. The summed E-state index contributed by atoms with van der Waals surface area (Å²) in [5, 5.41) is 1.03. The van der Waals surface area contributed by atoms with E-state index in [-0.39, 0.29) is 5.16 Å². The highest BCUT2D eigenvalue weighted by molar-refractivity contribution is 7.84. The van der Waals surface area contributed by atoms with Crippen LogP contribution in [0.15, 0.2) is 34.3 Å². The number of nitrogens with one attached hydrogen (secondary N) is 1. The SMILES string of the molecule is COc1cc(OC)c(Cl)c(-c2cc3cnc(S(C)=O)nc3[nH]c2=O)c1. The Bertz CT molecular complexity index is 1050. The second-order valence-corrected chi connectivity index (χ2v) is 6.77. The Balaban J connectivity index is 2.26. The first-order chi connectivity index (χ1) is 11.9. The van der Waals surface area contributed by atoms with Gasteiger partial charge in [0.1, 0.15) is 17.1 Å². The molecule has 1 N–H and O–H groups in total. The predicted octanol–water partition coefficient (Wildman–Crippen LogP) is 2.39. The number of ether oxygens (including phenoxy) is 2. The Morgan fingerprint density at radius 1 is 1.16 bits per heavy atom. The van der Waals surface area contributed by atoms with Gasteiger partial charge in [-0.25, -0.2) is 9.97 Å². The molecule has 0 bridgehead atoms.